The molecule has 0 radical (unpaired) electrons. The maximum absolute atomic E-state index is 13.0. The number of halogens is 3. The SMILES string of the molecule is Cc1cc(-c2ccc(C(F)(F)F)cc2NS(=O)[O-])nnc1N[C@H]1CNCC[C@@H]1C. The van der Waals surface area contributed by atoms with Crippen molar-refractivity contribution >= 4 is 22.8 Å². The topological polar surface area (TPSA) is 102 Å². The van der Waals surface area contributed by atoms with E-state index < -0.39 is 23.0 Å². The minimum atomic E-state index is -4.60. The first-order valence-electron chi connectivity index (χ1n) is 9.04. The van der Waals surface area contributed by atoms with Crippen molar-refractivity contribution in [1.82, 2.24) is 15.5 Å². The van der Waals surface area contributed by atoms with Crippen LogP contribution in [0.1, 0.15) is 24.5 Å². The lowest BCUT2D eigenvalue weighted by Crippen LogP contribution is -2.44. The van der Waals surface area contributed by atoms with E-state index in [9.17, 15) is 21.9 Å². The van der Waals surface area contributed by atoms with Crippen LogP contribution < -0.4 is 15.4 Å². The Morgan fingerprint density at radius 2 is 2.03 bits per heavy atom. The molecular formula is C18H21F3N5O2S-. The molecule has 1 aromatic carbocycles. The number of nitrogens with zero attached hydrogens (tertiary/aromatic N) is 2. The fourth-order valence-electron chi connectivity index (χ4n) is 3.24. The third kappa shape index (κ3) is 5.22. The average Bonchev–Trinajstić information content (AvgIpc) is 2.64. The molecule has 7 nitrogen and oxygen atoms in total. The van der Waals surface area contributed by atoms with Crippen molar-refractivity contribution in [1.29, 1.82) is 0 Å². The molecule has 2 aromatic rings. The summed E-state index contributed by atoms with van der Waals surface area (Å²) in [5, 5.41) is 15.0. The smallest absolute Gasteiger partial charge is 0.416 e. The molecule has 0 bridgehead atoms. The van der Waals surface area contributed by atoms with Gasteiger partial charge in [0, 0.05) is 29.4 Å². The highest BCUT2D eigenvalue weighted by Crippen LogP contribution is 2.36. The van der Waals surface area contributed by atoms with Crippen LogP contribution in [0.3, 0.4) is 0 Å². The molecule has 1 aliphatic heterocycles. The zero-order valence-electron chi connectivity index (χ0n) is 15.8. The van der Waals surface area contributed by atoms with Gasteiger partial charge in [-0.3, -0.25) is 4.21 Å². The maximum atomic E-state index is 13.0. The Labute approximate surface area is 168 Å². The van der Waals surface area contributed by atoms with Gasteiger partial charge in [-0.05, 0) is 49.6 Å². The Bertz CT molecular complexity index is 910. The van der Waals surface area contributed by atoms with Crippen LogP contribution in [-0.4, -0.2) is 38.1 Å². The summed E-state index contributed by atoms with van der Waals surface area (Å²) in [7, 11) is 0. The second-order valence-electron chi connectivity index (χ2n) is 7.08. The molecule has 0 spiro atoms. The standard InChI is InChI=1S/C18H22F3N5O2S/c1-10-5-6-22-9-16(10)23-17-11(2)7-14(24-25-17)13-4-3-12(18(19,20)21)8-15(13)26-29(27)28/h3-4,7-8,10,16,22,26H,5-6,9H2,1-2H3,(H,23,25)(H,27,28)/p-1/t10-,16-/m0/s1. The van der Waals surface area contributed by atoms with Crippen LogP contribution in [0, 0.1) is 12.8 Å². The van der Waals surface area contributed by atoms with E-state index in [1.54, 1.807) is 6.07 Å². The third-order valence-corrected chi connectivity index (χ3v) is 5.34. The molecule has 3 atom stereocenters. The average molecular weight is 428 g/mol. The summed E-state index contributed by atoms with van der Waals surface area (Å²) in [5.41, 5.74) is 0.0482. The lowest BCUT2D eigenvalue weighted by Gasteiger charge is -2.30. The zero-order chi connectivity index (χ0) is 21.2. The molecule has 0 aliphatic carbocycles. The van der Waals surface area contributed by atoms with Gasteiger partial charge in [0.2, 0.25) is 0 Å². The second kappa shape index (κ2) is 8.64. The fraction of sp³-hybridized carbons (Fsp3) is 0.444. The van der Waals surface area contributed by atoms with Crippen molar-refractivity contribution in [3.05, 3.63) is 35.4 Å². The van der Waals surface area contributed by atoms with Gasteiger partial charge in [0.25, 0.3) is 0 Å². The summed E-state index contributed by atoms with van der Waals surface area (Å²) in [6.07, 6.45) is -3.56. The maximum Gasteiger partial charge on any atom is 0.416 e. The van der Waals surface area contributed by atoms with E-state index in [1.807, 2.05) is 11.6 Å². The Hall–Kier alpha value is -2.24. The van der Waals surface area contributed by atoms with Crippen molar-refractivity contribution in [3.63, 3.8) is 0 Å². The number of benzene rings is 1. The van der Waals surface area contributed by atoms with Gasteiger partial charge in [-0.1, -0.05) is 13.0 Å². The number of anilines is 2. The van der Waals surface area contributed by atoms with Gasteiger partial charge >= 0.3 is 6.18 Å². The first kappa shape index (κ1) is 21.5. The number of nitrogens with one attached hydrogen (secondary N) is 3. The number of hydrogen-bond acceptors (Lipinski definition) is 6. The number of aryl methyl sites for hydroxylation is 1. The molecule has 1 fully saturated rings. The number of hydrogen-bond donors (Lipinski definition) is 3. The van der Waals surface area contributed by atoms with Gasteiger partial charge in [-0.2, -0.15) is 13.2 Å². The molecule has 158 valence electrons. The van der Waals surface area contributed by atoms with Crippen molar-refractivity contribution in [3.8, 4) is 11.3 Å². The Kier molecular flexibility index (Phi) is 6.39. The molecule has 1 unspecified atom stereocenters. The van der Waals surface area contributed by atoms with Crippen molar-refractivity contribution < 1.29 is 21.9 Å². The highest BCUT2D eigenvalue weighted by atomic mass is 32.2. The monoisotopic (exact) mass is 428 g/mol. The van der Waals surface area contributed by atoms with Crippen molar-refractivity contribution in [2.24, 2.45) is 5.92 Å². The first-order valence-corrected chi connectivity index (χ1v) is 10.1. The molecule has 1 aromatic heterocycles. The third-order valence-electron chi connectivity index (χ3n) is 4.95. The number of piperidine rings is 1. The molecule has 3 rings (SSSR count). The summed E-state index contributed by atoms with van der Waals surface area (Å²) in [5.74, 6) is 1.04. The Balaban J connectivity index is 1.91. The van der Waals surface area contributed by atoms with Crippen molar-refractivity contribution in [2.45, 2.75) is 32.5 Å². The molecule has 1 aliphatic rings. The summed E-state index contributed by atoms with van der Waals surface area (Å²) < 4.78 is 63.1. The predicted octanol–water partition coefficient (Wildman–Crippen LogP) is 3.09. The van der Waals surface area contributed by atoms with Crippen LogP contribution in [0.15, 0.2) is 24.3 Å². The minimum absolute atomic E-state index is 0.189. The van der Waals surface area contributed by atoms with Crippen LogP contribution >= 0.6 is 0 Å². The summed E-state index contributed by atoms with van der Waals surface area (Å²) in [4.78, 5) is 0. The van der Waals surface area contributed by atoms with Gasteiger partial charge in [0.15, 0.2) is 5.82 Å². The van der Waals surface area contributed by atoms with Gasteiger partial charge in [0.05, 0.1) is 16.9 Å². The highest BCUT2D eigenvalue weighted by molar-refractivity contribution is 7.80. The van der Waals surface area contributed by atoms with Crippen molar-refractivity contribution in [2.75, 3.05) is 23.1 Å². The van der Waals surface area contributed by atoms with Crippen LogP contribution in [0.25, 0.3) is 11.3 Å². The van der Waals surface area contributed by atoms with E-state index in [-0.39, 0.29) is 23.0 Å². The lowest BCUT2D eigenvalue weighted by atomic mass is 9.95. The molecular weight excluding hydrogens is 407 g/mol. The zero-order valence-corrected chi connectivity index (χ0v) is 16.7. The van der Waals surface area contributed by atoms with Crippen LogP contribution in [0.5, 0.6) is 0 Å². The van der Waals surface area contributed by atoms with E-state index in [4.69, 9.17) is 0 Å². The quantitative estimate of drug-likeness (QED) is 0.633. The molecule has 11 heteroatoms. The molecule has 2 heterocycles. The molecule has 29 heavy (non-hydrogen) atoms. The number of alkyl halides is 3. The lowest BCUT2D eigenvalue weighted by molar-refractivity contribution is -0.137. The molecule has 1 saturated heterocycles. The van der Waals surface area contributed by atoms with Gasteiger partial charge < -0.3 is 19.9 Å². The highest BCUT2D eigenvalue weighted by Gasteiger charge is 2.31. The van der Waals surface area contributed by atoms with Crippen LogP contribution in [0.2, 0.25) is 0 Å². The molecule has 0 amide bonds. The largest absolute Gasteiger partial charge is 0.755 e. The van der Waals surface area contributed by atoms with E-state index in [2.05, 4.69) is 27.8 Å². The minimum Gasteiger partial charge on any atom is -0.755 e. The number of aromatic nitrogens is 2. The Morgan fingerprint density at radius 3 is 2.66 bits per heavy atom. The molecule has 3 N–H and O–H groups in total. The van der Waals surface area contributed by atoms with E-state index in [1.165, 1.54) is 6.07 Å². The summed E-state index contributed by atoms with van der Waals surface area (Å²) in [6.45, 7) is 5.73. The summed E-state index contributed by atoms with van der Waals surface area (Å²) in [6, 6.07) is 4.66. The fourth-order valence-corrected chi connectivity index (χ4v) is 3.58. The van der Waals surface area contributed by atoms with E-state index in [0.29, 0.717) is 11.7 Å². The van der Waals surface area contributed by atoms with Gasteiger partial charge in [0.1, 0.15) is 0 Å². The predicted molar refractivity (Wildman–Crippen MR) is 104 cm³/mol. The summed E-state index contributed by atoms with van der Waals surface area (Å²) >= 11 is -2.79. The van der Waals surface area contributed by atoms with Gasteiger partial charge in [-0.15, -0.1) is 10.2 Å². The van der Waals surface area contributed by atoms with Crippen LogP contribution in [0.4, 0.5) is 24.7 Å². The van der Waals surface area contributed by atoms with Gasteiger partial charge in [-0.25, -0.2) is 0 Å². The van der Waals surface area contributed by atoms with Crippen LogP contribution in [-0.2, 0) is 17.4 Å². The Morgan fingerprint density at radius 1 is 1.28 bits per heavy atom. The first-order chi connectivity index (χ1) is 13.6. The number of rotatable bonds is 5. The van der Waals surface area contributed by atoms with E-state index >= 15 is 0 Å². The normalized spacial score (nSPS) is 20.9. The molecule has 0 saturated carbocycles. The van der Waals surface area contributed by atoms with E-state index in [0.717, 1.165) is 37.2 Å². The second-order valence-corrected chi connectivity index (χ2v) is 7.75.